The SMILES string of the molecule is COC(=O)c1cccc(N(CC(=O)Nc2cccc(Cl)c2)C(C)=O)c1. The van der Waals surface area contributed by atoms with Crippen molar-refractivity contribution in [2.45, 2.75) is 6.92 Å². The Kier molecular flexibility index (Phi) is 6.14. The molecule has 0 aliphatic rings. The van der Waals surface area contributed by atoms with E-state index in [1.165, 1.54) is 25.0 Å². The van der Waals surface area contributed by atoms with Gasteiger partial charge in [-0.05, 0) is 36.4 Å². The van der Waals surface area contributed by atoms with Gasteiger partial charge in [0.1, 0.15) is 6.54 Å². The summed E-state index contributed by atoms with van der Waals surface area (Å²) in [5.41, 5.74) is 1.25. The maximum Gasteiger partial charge on any atom is 0.337 e. The number of nitrogens with zero attached hydrogens (tertiary/aromatic N) is 1. The van der Waals surface area contributed by atoms with Gasteiger partial charge in [0, 0.05) is 23.3 Å². The molecule has 0 aliphatic carbocycles. The zero-order valence-electron chi connectivity index (χ0n) is 13.8. The largest absolute Gasteiger partial charge is 0.465 e. The highest BCUT2D eigenvalue weighted by atomic mass is 35.5. The van der Waals surface area contributed by atoms with Gasteiger partial charge in [-0.15, -0.1) is 0 Å². The van der Waals surface area contributed by atoms with E-state index in [9.17, 15) is 14.4 Å². The summed E-state index contributed by atoms with van der Waals surface area (Å²) in [6.45, 7) is 1.14. The number of rotatable bonds is 5. The standard InChI is InChI=1S/C18H17ClN2O4/c1-12(22)21(16-8-3-5-13(9-16)18(24)25-2)11-17(23)20-15-7-4-6-14(19)10-15/h3-10H,11H2,1-2H3,(H,20,23). The van der Waals surface area contributed by atoms with E-state index in [1.54, 1.807) is 42.5 Å². The van der Waals surface area contributed by atoms with Crippen molar-refractivity contribution in [1.29, 1.82) is 0 Å². The first kappa shape index (κ1) is 18.5. The minimum Gasteiger partial charge on any atom is -0.465 e. The normalized spacial score (nSPS) is 10.0. The summed E-state index contributed by atoms with van der Waals surface area (Å²) in [5, 5.41) is 3.17. The van der Waals surface area contributed by atoms with Crippen LogP contribution in [0.4, 0.5) is 11.4 Å². The van der Waals surface area contributed by atoms with Gasteiger partial charge in [0.25, 0.3) is 0 Å². The lowest BCUT2D eigenvalue weighted by Gasteiger charge is -2.21. The van der Waals surface area contributed by atoms with Crippen LogP contribution in [-0.4, -0.2) is 31.4 Å². The van der Waals surface area contributed by atoms with Crippen LogP contribution >= 0.6 is 11.6 Å². The van der Waals surface area contributed by atoms with E-state index in [0.29, 0.717) is 22.0 Å². The average Bonchev–Trinajstić information content (AvgIpc) is 2.58. The first-order valence-corrected chi connectivity index (χ1v) is 7.80. The van der Waals surface area contributed by atoms with Crippen molar-refractivity contribution >= 4 is 40.8 Å². The zero-order valence-corrected chi connectivity index (χ0v) is 14.5. The summed E-state index contributed by atoms with van der Waals surface area (Å²) in [5.74, 6) is -1.24. The fraction of sp³-hybridized carbons (Fsp3) is 0.167. The number of anilines is 2. The van der Waals surface area contributed by atoms with Crippen molar-refractivity contribution in [3.05, 3.63) is 59.1 Å². The summed E-state index contributed by atoms with van der Waals surface area (Å²) in [6, 6.07) is 13.0. The maximum atomic E-state index is 12.2. The molecule has 130 valence electrons. The van der Waals surface area contributed by atoms with Gasteiger partial charge in [-0.25, -0.2) is 4.79 Å². The summed E-state index contributed by atoms with van der Waals surface area (Å²) in [6.07, 6.45) is 0. The molecule has 0 fully saturated rings. The first-order valence-electron chi connectivity index (χ1n) is 7.42. The molecule has 0 saturated heterocycles. The molecule has 25 heavy (non-hydrogen) atoms. The van der Waals surface area contributed by atoms with E-state index in [-0.39, 0.29) is 18.4 Å². The lowest BCUT2D eigenvalue weighted by atomic mass is 10.2. The predicted octanol–water partition coefficient (Wildman–Crippen LogP) is 3.12. The summed E-state index contributed by atoms with van der Waals surface area (Å²) < 4.78 is 4.67. The van der Waals surface area contributed by atoms with E-state index in [1.807, 2.05) is 0 Å². The number of hydrogen-bond acceptors (Lipinski definition) is 4. The Morgan fingerprint density at radius 1 is 1.12 bits per heavy atom. The molecule has 1 N–H and O–H groups in total. The van der Waals surface area contributed by atoms with Gasteiger partial charge in [0.2, 0.25) is 11.8 Å². The monoisotopic (exact) mass is 360 g/mol. The molecule has 2 amide bonds. The highest BCUT2D eigenvalue weighted by molar-refractivity contribution is 6.30. The number of halogens is 1. The number of amides is 2. The topological polar surface area (TPSA) is 75.7 Å². The molecule has 0 aromatic heterocycles. The van der Waals surface area contributed by atoms with Crippen LogP contribution in [-0.2, 0) is 14.3 Å². The molecule has 2 rings (SSSR count). The number of nitrogens with one attached hydrogen (secondary N) is 1. The molecule has 0 radical (unpaired) electrons. The van der Waals surface area contributed by atoms with Gasteiger partial charge in [0.05, 0.1) is 12.7 Å². The second-order valence-corrected chi connectivity index (χ2v) is 5.64. The molecule has 2 aromatic carbocycles. The average molecular weight is 361 g/mol. The van der Waals surface area contributed by atoms with E-state index < -0.39 is 5.97 Å². The van der Waals surface area contributed by atoms with E-state index in [2.05, 4.69) is 10.1 Å². The van der Waals surface area contributed by atoms with Gasteiger partial charge < -0.3 is 15.0 Å². The molecular weight excluding hydrogens is 344 g/mol. The smallest absolute Gasteiger partial charge is 0.337 e. The minimum atomic E-state index is -0.520. The van der Waals surface area contributed by atoms with Crippen LogP contribution in [0, 0.1) is 0 Å². The Bertz CT molecular complexity index is 807. The summed E-state index contributed by atoms with van der Waals surface area (Å²) in [7, 11) is 1.27. The van der Waals surface area contributed by atoms with Crippen molar-refractivity contribution in [3.8, 4) is 0 Å². The molecule has 0 aliphatic heterocycles. The molecule has 0 saturated carbocycles. The fourth-order valence-corrected chi connectivity index (χ4v) is 2.40. The van der Waals surface area contributed by atoms with Crippen LogP contribution in [0.15, 0.2) is 48.5 Å². The molecule has 0 unspecified atom stereocenters. The Balaban J connectivity index is 2.17. The summed E-state index contributed by atoms with van der Waals surface area (Å²) in [4.78, 5) is 37.1. The number of carbonyl (C=O) groups excluding carboxylic acids is 3. The van der Waals surface area contributed by atoms with Crippen LogP contribution in [0.3, 0.4) is 0 Å². The molecule has 0 spiro atoms. The number of carbonyl (C=O) groups is 3. The molecule has 0 bridgehead atoms. The zero-order chi connectivity index (χ0) is 18.4. The van der Waals surface area contributed by atoms with Crippen molar-refractivity contribution in [3.63, 3.8) is 0 Å². The lowest BCUT2D eigenvalue weighted by molar-refractivity contribution is -0.120. The molecule has 7 heteroatoms. The van der Waals surface area contributed by atoms with Crippen LogP contribution in [0.1, 0.15) is 17.3 Å². The number of ether oxygens (including phenoxy) is 1. The second kappa shape index (κ2) is 8.30. The van der Waals surface area contributed by atoms with E-state index in [0.717, 1.165) is 0 Å². The van der Waals surface area contributed by atoms with Crippen LogP contribution < -0.4 is 10.2 Å². The third-order valence-electron chi connectivity index (χ3n) is 3.37. The van der Waals surface area contributed by atoms with Crippen molar-refractivity contribution in [2.75, 3.05) is 23.9 Å². The highest BCUT2D eigenvalue weighted by Crippen LogP contribution is 2.18. The maximum absolute atomic E-state index is 12.2. The minimum absolute atomic E-state index is 0.202. The number of benzene rings is 2. The van der Waals surface area contributed by atoms with Crippen LogP contribution in [0.2, 0.25) is 5.02 Å². The van der Waals surface area contributed by atoms with Crippen molar-refractivity contribution in [2.24, 2.45) is 0 Å². The molecule has 0 heterocycles. The Labute approximate surface area is 150 Å². The van der Waals surface area contributed by atoms with Gasteiger partial charge in [-0.3, -0.25) is 9.59 Å². The molecule has 2 aromatic rings. The molecular formula is C18H17ClN2O4. The van der Waals surface area contributed by atoms with Gasteiger partial charge in [0.15, 0.2) is 0 Å². The molecule has 0 atom stereocenters. The quantitative estimate of drug-likeness (QED) is 0.831. The third-order valence-corrected chi connectivity index (χ3v) is 3.60. The summed E-state index contributed by atoms with van der Waals surface area (Å²) >= 11 is 5.88. The number of hydrogen-bond donors (Lipinski definition) is 1. The Morgan fingerprint density at radius 3 is 2.48 bits per heavy atom. The number of methoxy groups -OCH3 is 1. The Hall–Kier alpha value is -2.86. The van der Waals surface area contributed by atoms with Gasteiger partial charge in [-0.2, -0.15) is 0 Å². The van der Waals surface area contributed by atoms with Crippen molar-refractivity contribution in [1.82, 2.24) is 0 Å². The van der Waals surface area contributed by atoms with Gasteiger partial charge in [-0.1, -0.05) is 23.7 Å². The lowest BCUT2D eigenvalue weighted by Crippen LogP contribution is -2.36. The van der Waals surface area contributed by atoms with Crippen LogP contribution in [0.5, 0.6) is 0 Å². The molecule has 6 nitrogen and oxygen atoms in total. The van der Waals surface area contributed by atoms with Crippen LogP contribution in [0.25, 0.3) is 0 Å². The Morgan fingerprint density at radius 2 is 1.84 bits per heavy atom. The van der Waals surface area contributed by atoms with Gasteiger partial charge >= 0.3 is 5.97 Å². The third kappa shape index (κ3) is 5.06. The predicted molar refractivity (Wildman–Crippen MR) is 95.9 cm³/mol. The number of esters is 1. The first-order chi connectivity index (χ1) is 11.9. The van der Waals surface area contributed by atoms with E-state index >= 15 is 0 Å². The highest BCUT2D eigenvalue weighted by Gasteiger charge is 2.17. The van der Waals surface area contributed by atoms with E-state index in [4.69, 9.17) is 11.6 Å². The van der Waals surface area contributed by atoms with Crippen molar-refractivity contribution < 1.29 is 19.1 Å². The fourth-order valence-electron chi connectivity index (χ4n) is 2.21. The second-order valence-electron chi connectivity index (χ2n) is 5.21.